The van der Waals surface area contributed by atoms with Crippen molar-refractivity contribution in [3.05, 3.63) is 22.7 Å². The average Bonchev–Trinajstić information content (AvgIpc) is 2.28. The molecule has 1 aromatic rings. The Labute approximate surface area is 103 Å². The minimum absolute atomic E-state index is 0.157. The number of carboxylic acids is 1. The molecule has 0 saturated heterocycles. The standard InChI is InChI=1S/C11H12ClNO4/c12-7-3-6(8(13)5-10(14)15)4-9-11(7)17-2-1-16-9/h3-4,8H,1-2,5,13H2,(H,14,15)/t8-/m0/s1. The summed E-state index contributed by atoms with van der Waals surface area (Å²) in [5, 5.41) is 9.07. The summed E-state index contributed by atoms with van der Waals surface area (Å²) in [5.74, 6) is 0.0484. The van der Waals surface area contributed by atoms with Crippen molar-refractivity contribution >= 4 is 17.6 Å². The predicted molar refractivity (Wildman–Crippen MR) is 61.6 cm³/mol. The fourth-order valence-electron chi connectivity index (χ4n) is 1.65. The summed E-state index contributed by atoms with van der Waals surface area (Å²) in [7, 11) is 0. The van der Waals surface area contributed by atoms with Crippen molar-refractivity contribution < 1.29 is 19.4 Å². The highest BCUT2D eigenvalue weighted by molar-refractivity contribution is 6.32. The van der Waals surface area contributed by atoms with E-state index in [0.717, 1.165) is 0 Å². The maximum atomic E-state index is 10.6. The van der Waals surface area contributed by atoms with E-state index in [0.29, 0.717) is 35.3 Å². The lowest BCUT2D eigenvalue weighted by Gasteiger charge is -2.21. The van der Waals surface area contributed by atoms with Gasteiger partial charge in [-0.2, -0.15) is 0 Å². The molecule has 0 bridgehead atoms. The SMILES string of the molecule is N[C@@H](CC(=O)O)c1cc(Cl)c2c(c1)OCCO2. The molecule has 3 N–H and O–H groups in total. The van der Waals surface area contributed by atoms with Crippen molar-refractivity contribution in [3.8, 4) is 11.5 Å². The van der Waals surface area contributed by atoms with Gasteiger partial charge in [0.15, 0.2) is 11.5 Å². The first-order chi connectivity index (χ1) is 8.08. The molecule has 0 saturated carbocycles. The fraction of sp³-hybridized carbons (Fsp3) is 0.364. The maximum absolute atomic E-state index is 10.6. The van der Waals surface area contributed by atoms with Crippen LogP contribution in [0.5, 0.6) is 11.5 Å². The van der Waals surface area contributed by atoms with Gasteiger partial charge in [0.1, 0.15) is 13.2 Å². The highest BCUT2D eigenvalue weighted by Gasteiger charge is 2.19. The Morgan fingerprint density at radius 2 is 2.18 bits per heavy atom. The van der Waals surface area contributed by atoms with Crippen LogP contribution in [0.2, 0.25) is 5.02 Å². The van der Waals surface area contributed by atoms with Crippen LogP contribution in [0.25, 0.3) is 0 Å². The Hall–Kier alpha value is -1.46. The number of aliphatic carboxylic acids is 1. The van der Waals surface area contributed by atoms with Crippen molar-refractivity contribution in [2.45, 2.75) is 12.5 Å². The van der Waals surface area contributed by atoms with Gasteiger partial charge in [-0.3, -0.25) is 4.79 Å². The number of rotatable bonds is 3. The minimum Gasteiger partial charge on any atom is -0.486 e. The van der Waals surface area contributed by atoms with Gasteiger partial charge in [0.25, 0.3) is 0 Å². The van der Waals surface area contributed by atoms with E-state index < -0.39 is 12.0 Å². The second kappa shape index (κ2) is 4.81. The zero-order chi connectivity index (χ0) is 12.4. The number of fused-ring (bicyclic) bond motifs is 1. The van der Waals surface area contributed by atoms with Crippen LogP contribution >= 0.6 is 11.6 Å². The summed E-state index contributed by atoms with van der Waals surface area (Å²) < 4.78 is 10.7. The second-order valence-electron chi connectivity index (χ2n) is 3.73. The molecule has 92 valence electrons. The summed E-state index contributed by atoms with van der Waals surface area (Å²) in [6, 6.07) is 2.68. The molecule has 0 fully saturated rings. The van der Waals surface area contributed by atoms with Crippen molar-refractivity contribution in [1.82, 2.24) is 0 Å². The van der Waals surface area contributed by atoms with Crippen LogP contribution in [0, 0.1) is 0 Å². The van der Waals surface area contributed by atoms with Crippen LogP contribution in [0.4, 0.5) is 0 Å². The van der Waals surface area contributed by atoms with Crippen molar-refractivity contribution in [1.29, 1.82) is 0 Å². The van der Waals surface area contributed by atoms with E-state index in [9.17, 15) is 4.79 Å². The molecular formula is C11H12ClNO4. The Kier molecular flexibility index (Phi) is 3.40. The van der Waals surface area contributed by atoms with Gasteiger partial charge in [-0.25, -0.2) is 0 Å². The molecule has 1 aliphatic heterocycles. The lowest BCUT2D eigenvalue weighted by atomic mass is 10.0. The molecule has 0 radical (unpaired) electrons. The molecule has 1 aromatic carbocycles. The van der Waals surface area contributed by atoms with Gasteiger partial charge in [-0.1, -0.05) is 11.6 Å². The largest absolute Gasteiger partial charge is 0.486 e. The molecule has 1 atom stereocenters. The van der Waals surface area contributed by atoms with Crippen LogP contribution in [-0.2, 0) is 4.79 Å². The Bertz CT molecular complexity index is 449. The first-order valence-electron chi connectivity index (χ1n) is 5.14. The van der Waals surface area contributed by atoms with Crippen molar-refractivity contribution in [2.75, 3.05) is 13.2 Å². The third kappa shape index (κ3) is 2.62. The summed E-state index contributed by atoms with van der Waals surface area (Å²) in [6.07, 6.45) is -0.157. The molecule has 0 spiro atoms. The highest BCUT2D eigenvalue weighted by Crippen LogP contribution is 2.39. The summed E-state index contributed by atoms with van der Waals surface area (Å²) in [6.45, 7) is 0.897. The molecule has 0 unspecified atom stereocenters. The molecule has 17 heavy (non-hydrogen) atoms. The van der Waals surface area contributed by atoms with E-state index in [-0.39, 0.29) is 6.42 Å². The third-order valence-corrected chi connectivity index (χ3v) is 2.72. The Morgan fingerprint density at radius 1 is 1.47 bits per heavy atom. The van der Waals surface area contributed by atoms with Gasteiger partial charge in [-0.05, 0) is 17.7 Å². The molecular weight excluding hydrogens is 246 g/mol. The number of ether oxygens (including phenoxy) is 2. The first-order valence-corrected chi connectivity index (χ1v) is 5.52. The number of hydrogen-bond donors (Lipinski definition) is 2. The van der Waals surface area contributed by atoms with E-state index in [1.165, 1.54) is 0 Å². The number of carboxylic acid groups (broad SMARTS) is 1. The Morgan fingerprint density at radius 3 is 2.88 bits per heavy atom. The zero-order valence-electron chi connectivity index (χ0n) is 8.98. The normalized spacial score (nSPS) is 15.4. The molecule has 1 aliphatic rings. The summed E-state index contributed by atoms with van der Waals surface area (Å²) >= 11 is 6.02. The average molecular weight is 258 g/mol. The van der Waals surface area contributed by atoms with Gasteiger partial charge >= 0.3 is 5.97 Å². The lowest BCUT2D eigenvalue weighted by molar-refractivity contribution is -0.137. The van der Waals surface area contributed by atoms with E-state index in [2.05, 4.69) is 0 Å². The Balaban J connectivity index is 2.30. The van der Waals surface area contributed by atoms with Crippen molar-refractivity contribution in [3.63, 3.8) is 0 Å². The van der Waals surface area contributed by atoms with E-state index in [4.69, 9.17) is 31.9 Å². The second-order valence-corrected chi connectivity index (χ2v) is 4.14. The van der Waals surface area contributed by atoms with E-state index >= 15 is 0 Å². The third-order valence-electron chi connectivity index (χ3n) is 2.44. The fourth-order valence-corrected chi connectivity index (χ4v) is 1.92. The van der Waals surface area contributed by atoms with E-state index in [1.807, 2.05) is 0 Å². The van der Waals surface area contributed by atoms with Crippen LogP contribution in [0.15, 0.2) is 12.1 Å². The number of carbonyl (C=O) groups is 1. The lowest BCUT2D eigenvalue weighted by Crippen LogP contribution is -2.18. The molecule has 0 aromatic heterocycles. The van der Waals surface area contributed by atoms with Crippen LogP contribution < -0.4 is 15.2 Å². The summed E-state index contributed by atoms with van der Waals surface area (Å²) in [4.78, 5) is 10.6. The molecule has 6 heteroatoms. The topological polar surface area (TPSA) is 81.8 Å². The maximum Gasteiger partial charge on any atom is 0.305 e. The number of halogens is 1. The first kappa shape index (κ1) is 12.0. The van der Waals surface area contributed by atoms with Gasteiger partial charge in [0.05, 0.1) is 11.4 Å². The van der Waals surface area contributed by atoms with Crippen LogP contribution in [0.3, 0.4) is 0 Å². The number of nitrogens with two attached hydrogens (primary N) is 1. The zero-order valence-corrected chi connectivity index (χ0v) is 9.74. The van der Waals surface area contributed by atoms with Crippen LogP contribution in [-0.4, -0.2) is 24.3 Å². The molecule has 5 nitrogen and oxygen atoms in total. The van der Waals surface area contributed by atoms with Gasteiger partial charge in [-0.15, -0.1) is 0 Å². The van der Waals surface area contributed by atoms with Crippen LogP contribution in [0.1, 0.15) is 18.0 Å². The van der Waals surface area contributed by atoms with Gasteiger partial charge in [0, 0.05) is 6.04 Å². The quantitative estimate of drug-likeness (QED) is 0.859. The molecule has 0 amide bonds. The predicted octanol–water partition coefficient (Wildman–Crippen LogP) is 1.59. The minimum atomic E-state index is -0.955. The number of hydrogen-bond acceptors (Lipinski definition) is 4. The van der Waals surface area contributed by atoms with Gasteiger partial charge in [0.2, 0.25) is 0 Å². The molecule has 2 rings (SSSR count). The van der Waals surface area contributed by atoms with Gasteiger partial charge < -0.3 is 20.3 Å². The molecule has 1 heterocycles. The smallest absolute Gasteiger partial charge is 0.305 e. The summed E-state index contributed by atoms with van der Waals surface area (Å²) in [5.41, 5.74) is 6.39. The number of benzene rings is 1. The molecule has 0 aliphatic carbocycles. The van der Waals surface area contributed by atoms with Crippen molar-refractivity contribution in [2.24, 2.45) is 5.73 Å². The monoisotopic (exact) mass is 257 g/mol. The highest BCUT2D eigenvalue weighted by atomic mass is 35.5. The van der Waals surface area contributed by atoms with E-state index in [1.54, 1.807) is 12.1 Å².